The Balaban J connectivity index is 1.80. The fourth-order valence-corrected chi connectivity index (χ4v) is 10.2. The molecule has 1 N–H and O–H groups in total. The predicted octanol–water partition coefficient (Wildman–Crippen LogP) is 6.23. The molecule has 2 aromatic rings. The van der Waals surface area contributed by atoms with Gasteiger partial charge in [-0.1, -0.05) is 43.7 Å². The number of amides is 1. The second-order valence-electron chi connectivity index (χ2n) is 9.42. The molecule has 5 nitrogen and oxygen atoms in total. The highest BCUT2D eigenvalue weighted by molar-refractivity contribution is 7.78. The van der Waals surface area contributed by atoms with Gasteiger partial charge in [0.25, 0.3) is 5.91 Å². The summed E-state index contributed by atoms with van der Waals surface area (Å²) in [6.45, 7) is 6.22. The molecule has 1 heterocycles. The minimum Gasteiger partial charge on any atom is -0.458 e. The van der Waals surface area contributed by atoms with Gasteiger partial charge in [0, 0.05) is 12.9 Å². The van der Waals surface area contributed by atoms with E-state index in [9.17, 15) is 14.9 Å². The first-order valence-electron chi connectivity index (χ1n) is 12.3. The second kappa shape index (κ2) is 12.1. The molecule has 2 aromatic carbocycles. The molecule has 3 rings (SSSR count). The van der Waals surface area contributed by atoms with E-state index in [4.69, 9.17) is 4.74 Å². The van der Waals surface area contributed by atoms with Gasteiger partial charge in [-0.15, -0.1) is 0 Å². The van der Waals surface area contributed by atoms with E-state index in [2.05, 4.69) is 18.3 Å². The molecule has 1 saturated heterocycles. The molecule has 180 valence electrons. The Bertz CT molecular complexity index is 1020. The summed E-state index contributed by atoms with van der Waals surface area (Å²) in [5.74, 6) is -0.164. The van der Waals surface area contributed by atoms with E-state index in [1.165, 1.54) is 0 Å². The summed E-state index contributed by atoms with van der Waals surface area (Å²) >= 11 is 0. The first-order valence-corrected chi connectivity index (χ1v) is 14.7. The first-order chi connectivity index (χ1) is 16.4. The standard InChI is InChI=1S/C28H35N2O3P/c1-4-11-25(28(32)30-27-21(2)16-24(18-29)17-22(27)3)34(14-9-6-10-15-34)20-26(31)33-19-23-12-7-5-8-13-23/h5,7-8,12-13,16-17,25H,4,6,9-11,14-15,19-20H2,1-3H3/p+1. The molecule has 34 heavy (non-hydrogen) atoms. The van der Waals surface area contributed by atoms with Crippen molar-refractivity contribution >= 4 is 24.8 Å². The number of carbonyl (C=O) groups excluding carboxylic acids is 2. The fourth-order valence-electron chi connectivity index (χ4n) is 5.12. The van der Waals surface area contributed by atoms with Crippen LogP contribution in [0.3, 0.4) is 0 Å². The lowest BCUT2D eigenvalue weighted by Crippen LogP contribution is -2.37. The summed E-state index contributed by atoms with van der Waals surface area (Å²) in [7, 11) is -1.87. The second-order valence-corrected chi connectivity index (χ2v) is 13.7. The number of carbonyl (C=O) groups is 2. The summed E-state index contributed by atoms with van der Waals surface area (Å²) in [5.41, 5.74) is 3.97. The van der Waals surface area contributed by atoms with Crippen molar-refractivity contribution in [3.8, 4) is 6.07 Å². The third-order valence-electron chi connectivity index (χ3n) is 6.83. The van der Waals surface area contributed by atoms with Crippen LogP contribution in [0.2, 0.25) is 0 Å². The van der Waals surface area contributed by atoms with Crippen molar-refractivity contribution in [2.75, 3.05) is 23.8 Å². The number of hydrogen-bond acceptors (Lipinski definition) is 4. The molecule has 0 aromatic heterocycles. The molecular formula is C28H36N2O3P+. The van der Waals surface area contributed by atoms with Gasteiger partial charge in [0.2, 0.25) is 0 Å². The summed E-state index contributed by atoms with van der Waals surface area (Å²) in [6, 6.07) is 15.5. The van der Waals surface area contributed by atoms with Crippen molar-refractivity contribution in [1.82, 2.24) is 0 Å². The van der Waals surface area contributed by atoms with Gasteiger partial charge in [-0.05, 0) is 68.4 Å². The highest BCUT2D eigenvalue weighted by Gasteiger charge is 2.51. The smallest absolute Gasteiger partial charge is 0.344 e. The van der Waals surface area contributed by atoms with Crippen LogP contribution in [0.1, 0.15) is 61.3 Å². The van der Waals surface area contributed by atoms with Crippen molar-refractivity contribution in [3.63, 3.8) is 0 Å². The predicted molar refractivity (Wildman–Crippen MR) is 140 cm³/mol. The van der Waals surface area contributed by atoms with Crippen LogP contribution in [0.15, 0.2) is 42.5 Å². The van der Waals surface area contributed by atoms with Crippen molar-refractivity contribution in [2.24, 2.45) is 0 Å². The van der Waals surface area contributed by atoms with Gasteiger partial charge in [0.05, 0.1) is 24.0 Å². The maximum Gasteiger partial charge on any atom is 0.344 e. The monoisotopic (exact) mass is 479 g/mol. The molecule has 0 bridgehead atoms. The molecule has 0 spiro atoms. The molecule has 0 aliphatic carbocycles. The highest BCUT2D eigenvalue weighted by atomic mass is 31.2. The first kappa shape index (κ1) is 25.9. The number of rotatable bonds is 9. The van der Waals surface area contributed by atoms with Crippen LogP contribution < -0.4 is 5.32 Å². The van der Waals surface area contributed by atoms with Crippen LogP contribution in [-0.2, 0) is 20.9 Å². The van der Waals surface area contributed by atoms with Crippen LogP contribution in [0.25, 0.3) is 0 Å². The fraction of sp³-hybridized carbons (Fsp3) is 0.464. The van der Waals surface area contributed by atoms with Gasteiger partial charge >= 0.3 is 5.97 Å². The number of nitrogens with zero attached hydrogens (tertiary/aromatic N) is 1. The number of ether oxygens (including phenoxy) is 1. The molecule has 1 fully saturated rings. The van der Waals surface area contributed by atoms with Gasteiger partial charge in [0.15, 0.2) is 6.16 Å². The lowest BCUT2D eigenvalue weighted by molar-refractivity contribution is -0.141. The van der Waals surface area contributed by atoms with Crippen LogP contribution in [-0.4, -0.2) is 36.0 Å². The number of benzene rings is 2. The molecule has 0 radical (unpaired) electrons. The van der Waals surface area contributed by atoms with E-state index in [1.54, 1.807) is 0 Å². The topological polar surface area (TPSA) is 79.2 Å². The zero-order chi connectivity index (χ0) is 24.6. The molecule has 0 saturated carbocycles. The van der Waals surface area contributed by atoms with E-state index < -0.39 is 7.26 Å². The Morgan fingerprint density at radius 3 is 2.32 bits per heavy atom. The number of nitriles is 1. The Kier molecular flexibility index (Phi) is 9.25. The number of anilines is 1. The summed E-state index contributed by atoms with van der Waals surface area (Å²) in [5, 5.41) is 12.4. The third kappa shape index (κ3) is 6.45. The molecule has 6 heteroatoms. The lowest BCUT2D eigenvalue weighted by atomic mass is 10.0. The maximum absolute atomic E-state index is 13.7. The Morgan fingerprint density at radius 1 is 1.09 bits per heavy atom. The zero-order valence-electron chi connectivity index (χ0n) is 20.6. The average molecular weight is 480 g/mol. The van der Waals surface area contributed by atoms with E-state index in [1.807, 2.05) is 56.3 Å². The largest absolute Gasteiger partial charge is 0.458 e. The van der Waals surface area contributed by atoms with Gasteiger partial charge in [-0.25, -0.2) is 4.79 Å². The quantitative estimate of drug-likeness (QED) is 0.342. The molecule has 1 unspecified atom stereocenters. The SMILES string of the molecule is CCCC(C(=O)Nc1c(C)cc(C#N)cc1C)[P+]1(CC(=O)OCc2ccccc2)CCCCC1. The van der Waals surface area contributed by atoms with E-state index >= 15 is 0 Å². The molecular weight excluding hydrogens is 443 g/mol. The van der Waals surface area contributed by atoms with Crippen LogP contribution in [0, 0.1) is 25.2 Å². The average Bonchev–Trinajstić information content (AvgIpc) is 2.84. The maximum atomic E-state index is 13.7. The summed E-state index contributed by atoms with van der Waals surface area (Å²) in [4.78, 5) is 26.7. The zero-order valence-corrected chi connectivity index (χ0v) is 21.5. The third-order valence-corrected chi connectivity index (χ3v) is 11.9. The number of esters is 1. The van der Waals surface area contributed by atoms with Crippen molar-refractivity contribution < 1.29 is 14.3 Å². The van der Waals surface area contributed by atoms with Crippen LogP contribution >= 0.6 is 7.26 Å². The highest BCUT2D eigenvalue weighted by Crippen LogP contribution is 2.67. The summed E-state index contributed by atoms with van der Waals surface area (Å²) < 4.78 is 5.67. The molecule has 1 aliphatic rings. The Morgan fingerprint density at radius 2 is 1.74 bits per heavy atom. The normalized spacial score (nSPS) is 15.7. The van der Waals surface area contributed by atoms with Crippen molar-refractivity contribution in [3.05, 3.63) is 64.7 Å². The van der Waals surface area contributed by atoms with Crippen molar-refractivity contribution in [1.29, 1.82) is 5.26 Å². The Hall–Kier alpha value is -2.70. The number of aryl methyl sites for hydroxylation is 2. The van der Waals surface area contributed by atoms with E-state index in [0.717, 1.165) is 66.8 Å². The number of hydrogen-bond donors (Lipinski definition) is 1. The minimum atomic E-state index is -1.87. The molecule has 1 atom stereocenters. The van der Waals surface area contributed by atoms with Crippen LogP contribution in [0.5, 0.6) is 0 Å². The van der Waals surface area contributed by atoms with Crippen molar-refractivity contribution in [2.45, 2.75) is 65.1 Å². The van der Waals surface area contributed by atoms with E-state index in [-0.39, 0.29) is 24.1 Å². The molecule has 1 amide bonds. The Labute approximate surface area is 204 Å². The van der Waals surface area contributed by atoms with E-state index in [0.29, 0.717) is 11.7 Å². The molecule has 1 aliphatic heterocycles. The number of nitrogens with one attached hydrogen (secondary N) is 1. The lowest BCUT2D eigenvalue weighted by Gasteiger charge is -2.36. The van der Waals surface area contributed by atoms with Gasteiger partial charge < -0.3 is 10.1 Å². The summed E-state index contributed by atoms with van der Waals surface area (Å²) in [6.07, 6.45) is 7.29. The van der Waals surface area contributed by atoms with Crippen LogP contribution in [0.4, 0.5) is 5.69 Å². The van der Waals surface area contributed by atoms with Gasteiger partial charge in [-0.3, -0.25) is 4.79 Å². The van der Waals surface area contributed by atoms with Gasteiger partial charge in [-0.2, -0.15) is 5.26 Å². The van der Waals surface area contributed by atoms with Gasteiger partial charge in [0.1, 0.15) is 12.3 Å². The minimum absolute atomic E-state index is 0.0175.